The van der Waals surface area contributed by atoms with Gasteiger partial charge in [-0.1, -0.05) is 26.9 Å². The van der Waals surface area contributed by atoms with Crippen molar-refractivity contribution in [3.8, 4) is 6.01 Å². The molecule has 0 fully saturated rings. The maximum Gasteiger partial charge on any atom is 0.323 e. The summed E-state index contributed by atoms with van der Waals surface area (Å²) in [5, 5.41) is 2.43. The third-order valence-corrected chi connectivity index (χ3v) is 5.73. The van der Waals surface area contributed by atoms with Crippen LogP contribution in [-0.2, 0) is 0 Å². The lowest BCUT2D eigenvalue weighted by molar-refractivity contribution is 0.222. The van der Waals surface area contributed by atoms with E-state index in [4.69, 9.17) is 4.74 Å². The molecule has 0 spiro atoms. The van der Waals surface area contributed by atoms with Crippen molar-refractivity contribution in [3.63, 3.8) is 0 Å². The minimum Gasteiger partial charge on any atom is -0.462 e. The Bertz CT molecular complexity index is 739. The van der Waals surface area contributed by atoms with Crippen molar-refractivity contribution in [1.82, 2.24) is 15.0 Å². The molecule has 1 heterocycles. The van der Waals surface area contributed by atoms with Gasteiger partial charge in [-0.15, -0.1) is 9.24 Å². The number of alkyl halides is 1. The molecule has 1 aromatic carbocycles. The first kappa shape index (κ1) is 21.7. The van der Waals surface area contributed by atoms with Crippen LogP contribution in [0.3, 0.4) is 0 Å². The summed E-state index contributed by atoms with van der Waals surface area (Å²) >= 11 is 0. The number of hydrogen-bond acceptors (Lipinski definition) is 6. The van der Waals surface area contributed by atoms with E-state index in [9.17, 15) is 4.39 Å². The van der Waals surface area contributed by atoms with E-state index < -0.39 is 11.1 Å². The second-order valence-corrected chi connectivity index (χ2v) is 8.51. The number of rotatable bonds is 9. The summed E-state index contributed by atoms with van der Waals surface area (Å²) in [5.74, 6) is -0.219. The molecule has 2 rings (SSSR count). The predicted octanol–water partition coefficient (Wildman–Crippen LogP) is 3.95. The molecule has 0 radical (unpaired) electrons. The zero-order valence-electron chi connectivity index (χ0n) is 16.2. The average molecular weight is 411 g/mol. The van der Waals surface area contributed by atoms with Crippen molar-refractivity contribution >= 4 is 36.1 Å². The summed E-state index contributed by atoms with van der Waals surface area (Å²) in [6.07, 6.45) is 0. The van der Waals surface area contributed by atoms with Crippen LogP contribution >= 0.6 is 18.5 Å². The fraction of sp³-hybridized carbons (Fsp3) is 0.500. The van der Waals surface area contributed by atoms with Crippen LogP contribution < -0.4 is 15.0 Å². The summed E-state index contributed by atoms with van der Waals surface area (Å²) < 4.78 is 19.4. The monoisotopic (exact) mass is 411 g/mol. The molecular formula is C18H28FN5OP2. The van der Waals surface area contributed by atoms with Gasteiger partial charge < -0.3 is 15.0 Å². The number of aryl methyl sites for hydroxylation is 1. The molecular weight excluding hydrogens is 383 g/mol. The number of halogens is 1. The van der Waals surface area contributed by atoms with Crippen molar-refractivity contribution in [2.45, 2.75) is 38.8 Å². The first-order valence-corrected chi connectivity index (χ1v) is 10.2. The highest BCUT2D eigenvalue weighted by Gasteiger charge is 2.28. The van der Waals surface area contributed by atoms with Crippen molar-refractivity contribution in [2.75, 3.05) is 29.9 Å². The van der Waals surface area contributed by atoms with E-state index in [1.807, 2.05) is 49.9 Å². The van der Waals surface area contributed by atoms with Crippen LogP contribution in [0.5, 0.6) is 6.01 Å². The zero-order valence-corrected chi connectivity index (χ0v) is 18.5. The second-order valence-electron chi connectivity index (χ2n) is 6.60. The number of aromatic nitrogens is 3. The third-order valence-electron chi connectivity index (χ3n) is 4.10. The molecule has 27 heavy (non-hydrogen) atoms. The molecule has 1 aromatic heterocycles. The molecule has 6 nitrogen and oxygen atoms in total. The van der Waals surface area contributed by atoms with Crippen molar-refractivity contribution in [3.05, 3.63) is 29.8 Å². The standard InChI is InChI=1S/C18H28FN5OP2/c1-5-24(6-2)16-21-15(20-13-9-7-12(3)8-10-13)22-17(23-16)25-11-18(4,27)14(19)26/h7-10,14H,5-6,11,26-27H2,1-4H3,(H,20,21,22,23). The Balaban J connectivity index is 2.29. The number of hydrogen-bond donors (Lipinski definition) is 1. The summed E-state index contributed by atoms with van der Waals surface area (Å²) in [6.45, 7) is 9.47. The first-order valence-electron chi connectivity index (χ1n) is 8.91. The Morgan fingerprint density at radius 2 is 1.81 bits per heavy atom. The summed E-state index contributed by atoms with van der Waals surface area (Å²) in [4.78, 5) is 15.2. The van der Waals surface area contributed by atoms with Gasteiger partial charge in [0.25, 0.3) is 0 Å². The van der Waals surface area contributed by atoms with E-state index in [1.54, 1.807) is 6.92 Å². The fourth-order valence-corrected chi connectivity index (χ4v) is 2.36. The van der Waals surface area contributed by atoms with Crippen molar-refractivity contribution in [1.29, 1.82) is 0 Å². The molecule has 0 aliphatic heterocycles. The minimum atomic E-state index is -1.13. The van der Waals surface area contributed by atoms with E-state index in [0.717, 1.165) is 18.8 Å². The number of ether oxygens (including phenoxy) is 1. The number of benzene rings is 1. The van der Waals surface area contributed by atoms with Crippen molar-refractivity contribution < 1.29 is 9.13 Å². The Hall–Kier alpha value is -1.58. The summed E-state index contributed by atoms with van der Waals surface area (Å²) in [6, 6.07) is 8.09. The number of anilines is 3. The average Bonchev–Trinajstić information content (AvgIpc) is 2.63. The number of nitrogens with one attached hydrogen (secondary N) is 1. The van der Waals surface area contributed by atoms with E-state index in [2.05, 4.69) is 38.7 Å². The third kappa shape index (κ3) is 6.22. The molecule has 4 unspecified atom stereocenters. The van der Waals surface area contributed by atoms with Crippen LogP contribution in [0.1, 0.15) is 26.3 Å². The molecule has 2 aromatic rings. The van der Waals surface area contributed by atoms with Gasteiger partial charge >= 0.3 is 6.01 Å². The lowest BCUT2D eigenvalue weighted by atomic mass is 10.2. The molecule has 1 N–H and O–H groups in total. The van der Waals surface area contributed by atoms with Gasteiger partial charge in [0.2, 0.25) is 11.9 Å². The molecule has 4 atom stereocenters. The minimum absolute atomic E-state index is 0.119. The van der Waals surface area contributed by atoms with E-state index in [0.29, 0.717) is 11.9 Å². The van der Waals surface area contributed by atoms with Crippen LogP contribution in [-0.4, -0.2) is 45.7 Å². The highest BCUT2D eigenvalue weighted by atomic mass is 31.0. The van der Waals surface area contributed by atoms with E-state index >= 15 is 0 Å². The molecule has 0 aliphatic carbocycles. The molecule has 0 bridgehead atoms. The fourth-order valence-electron chi connectivity index (χ4n) is 2.18. The van der Waals surface area contributed by atoms with Gasteiger partial charge in [-0.3, -0.25) is 0 Å². The maximum absolute atomic E-state index is 13.7. The van der Waals surface area contributed by atoms with Gasteiger partial charge in [0.1, 0.15) is 12.5 Å². The van der Waals surface area contributed by atoms with E-state index in [-0.39, 0.29) is 12.6 Å². The normalized spacial score (nSPS) is 14.3. The molecule has 0 aliphatic rings. The predicted molar refractivity (Wildman–Crippen MR) is 116 cm³/mol. The van der Waals surface area contributed by atoms with Gasteiger partial charge in [-0.2, -0.15) is 15.0 Å². The molecule has 148 valence electrons. The van der Waals surface area contributed by atoms with Crippen LogP contribution in [0.2, 0.25) is 0 Å². The Morgan fingerprint density at radius 1 is 1.19 bits per heavy atom. The quantitative estimate of drug-likeness (QED) is 0.631. The Kier molecular flexibility index (Phi) is 7.69. The summed E-state index contributed by atoms with van der Waals surface area (Å²) in [7, 11) is 4.63. The Labute approximate surface area is 165 Å². The van der Waals surface area contributed by atoms with Gasteiger partial charge in [0.05, 0.1) is 5.16 Å². The molecule has 0 amide bonds. The number of nitrogens with zero attached hydrogens (tertiary/aromatic N) is 4. The van der Waals surface area contributed by atoms with Crippen LogP contribution in [0.15, 0.2) is 24.3 Å². The SMILES string of the molecule is CCN(CC)c1nc(Nc2ccc(C)cc2)nc(OCC(C)(P)C(F)P)n1. The van der Waals surface area contributed by atoms with Gasteiger partial charge in [0, 0.05) is 18.8 Å². The van der Waals surface area contributed by atoms with Crippen LogP contribution in [0, 0.1) is 6.92 Å². The molecule has 0 saturated heterocycles. The lowest BCUT2D eigenvalue weighted by Crippen LogP contribution is -2.33. The molecule has 9 heteroatoms. The van der Waals surface area contributed by atoms with Crippen molar-refractivity contribution in [2.24, 2.45) is 0 Å². The largest absolute Gasteiger partial charge is 0.462 e. The van der Waals surface area contributed by atoms with Gasteiger partial charge in [0.15, 0.2) is 0 Å². The zero-order chi connectivity index (χ0) is 20.0. The summed E-state index contributed by atoms with van der Waals surface area (Å²) in [5.41, 5.74) is 2.04. The lowest BCUT2D eigenvalue weighted by Gasteiger charge is -2.25. The second kappa shape index (κ2) is 9.57. The van der Waals surface area contributed by atoms with E-state index in [1.165, 1.54) is 5.56 Å². The molecule has 0 saturated carbocycles. The van der Waals surface area contributed by atoms with Gasteiger partial charge in [-0.05, 0) is 39.8 Å². The van der Waals surface area contributed by atoms with Gasteiger partial charge in [-0.25, -0.2) is 4.39 Å². The Morgan fingerprint density at radius 3 is 2.37 bits per heavy atom. The highest BCUT2D eigenvalue weighted by molar-refractivity contribution is 7.24. The first-order chi connectivity index (χ1) is 12.7. The topological polar surface area (TPSA) is 63.2 Å². The smallest absolute Gasteiger partial charge is 0.323 e. The maximum atomic E-state index is 13.7. The van der Waals surface area contributed by atoms with Crippen LogP contribution in [0.4, 0.5) is 22.0 Å². The highest BCUT2D eigenvalue weighted by Crippen LogP contribution is 2.30. The van der Waals surface area contributed by atoms with Crippen LogP contribution in [0.25, 0.3) is 0 Å².